The molecule has 0 aromatic carbocycles. The average molecular weight is 605 g/mol. The lowest BCUT2D eigenvalue weighted by atomic mass is 10.1. The maximum Gasteiger partial charge on any atom is 0.306 e. The first-order valence-corrected chi connectivity index (χ1v) is 18.0. The van der Waals surface area contributed by atoms with Crippen molar-refractivity contribution in [2.24, 2.45) is 0 Å². The third-order valence-corrected chi connectivity index (χ3v) is 7.66. The van der Waals surface area contributed by atoms with Gasteiger partial charge in [0, 0.05) is 12.8 Å². The minimum absolute atomic E-state index is 0.0752. The van der Waals surface area contributed by atoms with Crippen molar-refractivity contribution in [1.82, 2.24) is 0 Å². The summed E-state index contributed by atoms with van der Waals surface area (Å²) in [6.45, 7) is 4.07. The lowest BCUT2D eigenvalue weighted by Gasteiger charge is -2.15. The zero-order chi connectivity index (χ0) is 31.5. The quantitative estimate of drug-likeness (QED) is 0.0470. The average Bonchev–Trinajstić information content (AvgIpc) is 3.01. The molecule has 1 N–H and O–H groups in total. The topological polar surface area (TPSA) is 72.8 Å². The third-order valence-electron chi connectivity index (χ3n) is 7.66. The molecular formula is C38H68O5. The molecule has 0 bridgehead atoms. The molecule has 0 saturated carbocycles. The molecule has 0 saturated heterocycles. The fourth-order valence-electron chi connectivity index (χ4n) is 4.87. The number of hydrogen-bond donors (Lipinski definition) is 1. The van der Waals surface area contributed by atoms with E-state index in [2.05, 4.69) is 50.3 Å². The fraction of sp³-hybridized carbons (Fsp3) is 0.789. The van der Waals surface area contributed by atoms with Gasteiger partial charge in [0.1, 0.15) is 6.61 Å². The number of allylic oxidation sites excluding steroid dienone is 6. The predicted octanol–water partition coefficient (Wildman–Crippen LogP) is 10.9. The van der Waals surface area contributed by atoms with E-state index >= 15 is 0 Å². The number of carbonyl (C=O) groups excluding carboxylic acids is 2. The van der Waals surface area contributed by atoms with Crippen LogP contribution >= 0.6 is 0 Å². The van der Waals surface area contributed by atoms with Crippen molar-refractivity contribution in [2.45, 2.75) is 180 Å². The summed E-state index contributed by atoms with van der Waals surface area (Å²) in [6, 6.07) is 0. The van der Waals surface area contributed by atoms with Crippen LogP contribution in [0.2, 0.25) is 0 Å². The van der Waals surface area contributed by atoms with Crippen molar-refractivity contribution in [3.8, 4) is 0 Å². The second-order valence-corrected chi connectivity index (χ2v) is 11.9. The molecule has 0 heterocycles. The van der Waals surface area contributed by atoms with Crippen LogP contribution in [0.3, 0.4) is 0 Å². The number of ether oxygens (including phenoxy) is 2. The lowest BCUT2D eigenvalue weighted by Crippen LogP contribution is -2.28. The van der Waals surface area contributed by atoms with Gasteiger partial charge in [-0.15, -0.1) is 0 Å². The first-order chi connectivity index (χ1) is 21.1. The Bertz CT molecular complexity index is 696. The van der Waals surface area contributed by atoms with Gasteiger partial charge < -0.3 is 14.6 Å². The highest BCUT2D eigenvalue weighted by Gasteiger charge is 2.16. The van der Waals surface area contributed by atoms with E-state index in [-0.39, 0.29) is 25.2 Å². The molecule has 0 fully saturated rings. The van der Waals surface area contributed by atoms with Crippen molar-refractivity contribution >= 4 is 11.9 Å². The van der Waals surface area contributed by atoms with Gasteiger partial charge in [0.25, 0.3) is 0 Å². The number of rotatable bonds is 32. The molecule has 0 unspecified atom stereocenters. The number of unbranched alkanes of at least 4 members (excludes halogenated alkanes) is 18. The zero-order valence-electron chi connectivity index (χ0n) is 28.2. The van der Waals surface area contributed by atoms with Gasteiger partial charge in [-0.25, -0.2) is 0 Å². The molecule has 250 valence electrons. The van der Waals surface area contributed by atoms with Crippen molar-refractivity contribution in [3.63, 3.8) is 0 Å². The third kappa shape index (κ3) is 32.9. The molecule has 0 amide bonds. The molecule has 0 aliphatic heterocycles. The first kappa shape index (κ1) is 41.1. The van der Waals surface area contributed by atoms with Crippen LogP contribution in [0.4, 0.5) is 0 Å². The summed E-state index contributed by atoms with van der Waals surface area (Å²) >= 11 is 0. The van der Waals surface area contributed by atoms with E-state index in [9.17, 15) is 14.7 Å². The number of aliphatic hydroxyl groups excluding tert-OH is 1. The Morgan fingerprint density at radius 3 is 1.44 bits per heavy atom. The van der Waals surface area contributed by atoms with Gasteiger partial charge in [0.05, 0.1) is 6.61 Å². The number of hydrogen-bond acceptors (Lipinski definition) is 5. The molecule has 5 heteroatoms. The van der Waals surface area contributed by atoms with E-state index in [1.807, 2.05) is 0 Å². The molecule has 0 spiro atoms. The van der Waals surface area contributed by atoms with Crippen LogP contribution < -0.4 is 0 Å². The first-order valence-electron chi connectivity index (χ1n) is 18.0. The molecule has 0 aliphatic carbocycles. The van der Waals surface area contributed by atoms with Gasteiger partial charge >= 0.3 is 11.9 Å². The zero-order valence-corrected chi connectivity index (χ0v) is 28.2. The van der Waals surface area contributed by atoms with Gasteiger partial charge in [0.15, 0.2) is 6.10 Å². The lowest BCUT2D eigenvalue weighted by molar-refractivity contribution is -0.161. The summed E-state index contributed by atoms with van der Waals surface area (Å²) in [7, 11) is 0. The second-order valence-electron chi connectivity index (χ2n) is 11.9. The number of esters is 2. The normalized spacial score (nSPS) is 12.5. The molecule has 5 nitrogen and oxygen atoms in total. The molecular weight excluding hydrogens is 536 g/mol. The monoisotopic (exact) mass is 605 g/mol. The van der Waals surface area contributed by atoms with Gasteiger partial charge in [-0.3, -0.25) is 9.59 Å². The molecule has 43 heavy (non-hydrogen) atoms. The number of aliphatic hydroxyl groups is 1. The van der Waals surface area contributed by atoms with Crippen LogP contribution in [0.25, 0.3) is 0 Å². The van der Waals surface area contributed by atoms with Crippen LogP contribution in [0.1, 0.15) is 174 Å². The fourth-order valence-corrected chi connectivity index (χ4v) is 4.87. The van der Waals surface area contributed by atoms with E-state index in [4.69, 9.17) is 9.47 Å². The Kier molecular flexibility index (Phi) is 33.1. The molecule has 0 radical (unpaired) electrons. The van der Waals surface area contributed by atoms with Crippen molar-refractivity contribution in [3.05, 3.63) is 36.5 Å². The highest BCUT2D eigenvalue weighted by atomic mass is 16.6. The van der Waals surface area contributed by atoms with E-state index in [1.54, 1.807) is 0 Å². The summed E-state index contributed by atoms with van der Waals surface area (Å²) in [5, 5.41) is 9.52. The van der Waals surface area contributed by atoms with Gasteiger partial charge in [-0.05, 0) is 70.6 Å². The summed E-state index contributed by atoms with van der Waals surface area (Å²) in [4.78, 5) is 24.2. The van der Waals surface area contributed by atoms with Crippen LogP contribution in [0.5, 0.6) is 0 Å². The van der Waals surface area contributed by atoms with E-state index in [0.717, 1.165) is 64.2 Å². The molecule has 1 atom stereocenters. The molecule has 0 aromatic rings. The molecule has 0 aromatic heterocycles. The largest absolute Gasteiger partial charge is 0.462 e. The number of carbonyl (C=O) groups is 2. The van der Waals surface area contributed by atoms with Crippen LogP contribution in [-0.4, -0.2) is 36.4 Å². The van der Waals surface area contributed by atoms with Gasteiger partial charge in [-0.1, -0.05) is 127 Å². The Morgan fingerprint density at radius 2 is 0.930 bits per heavy atom. The van der Waals surface area contributed by atoms with E-state index in [1.165, 1.54) is 83.5 Å². The standard InChI is InChI=1S/C38H68O5/c1-3-5-7-9-11-13-15-17-19-21-23-25-27-29-31-33-38(41)43-36(34-39)35-42-37(40)32-30-28-26-24-22-20-18-16-14-12-10-8-6-4-2/h11,13,16-19,36,39H,3-10,12,14-15,20-35H2,1-2H3/b13-11+,18-16+,19-17+/t36-/m0/s1. The molecule has 0 aliphatic rings. The van der Waals surface area contributed by atoms with Gasteiger partial charge in [-0.2, -0.15) is 0 Å². The summed E-state index contributed by atoms with van der Waals surface area (Å²) in [6.07, 6.45) is 40.5. The second kappa shape index (κ2) is 34.6. The highest BCUT2D eigenvalue weighted by Crippen LogP contribution is 2.12. The van der Waals surface area contributed by atoms with Crippen LogP contribution in [0.15, 0.2) is 36.5 Å². The minimum Gasteiger partial charge on any atom is -0.462 e. The maximum atomic E-state index is 12.1. The summed E-state index contributed by atoms with van der Waals surface area (Å²) in [5.41, 5.74) is 0. The Labute approximate surface area is 266 Å². The summed E-state index contributed by atoms with van der Waals surface area (Å²) in [5.74, 6) is -0.618. The van der Waals surface area contributed by atoms with Crippen molar-refractivity contribution in [1.29, 1.82) is 0 Å². The van der Waals surface area contributed by atoms with E-state index in [0.29, 0.717) is 12.8 Å². The predicted molar refractivity (Wildman–Crippen MR) is 182 cm³/mol. The summed E-state index contributed by atoms with van der Waals surface area (Å²) < 4.78 is 10.6. The van der Waals surface area contributed by atoms with E-state index < -0.39 is 6.10 Å². The Balaban J connectivity index is 3.62. The minimum atomic E-state index is -0.779. The highest BCUT2D eigenvalue weighted by molar-refractivity contribution is 5.70. The van der Waals surface area contributed by atoms with Crippen molar-refractivity contribution < 1.29 is 24.2 Å². The molecule has 0 rings (SSSR count). The Morgan fingerprint density at radius 1 is 0.535 bits per heavy atom. The maximum absolute atomic E-state index is 12.1. The van der Waals surface area contributed by atoms with Crippen LogP contribution in [0, 0.1) is 0 Å². The SMILES string of the molecule is CCCCC/C=C/C/C=C/CCCCCCCC(=O)O[C@@H](CO)COC(=O)CCCCCCC/C=C/CCCCCCC. The van der Waals surface area contributed by atoms with Gasteiger partial charge in [0.2, 0.25) is 0 Å². The van der Waals surface area contributed by atoms with Crippen molar-refractivity contribution in [2.75, 3.05) is 13.2 Å². The van der Waals surface area contributed by atoms with Crippen LogP contribution in [-0.2, 0) is 19.1 Å². The smallest absolute Gasteiger partial charge is 0.306 e. The Hall–Kier alpha value is -1.88.